The largest absolute Gasteiger partial charge is 0.330 e. The molecule has 1 nitrogen and oxygen atoms in total. The van der Waals surface area contributed by atoms with Crippen molar-refractivity contribution in [3.63, 3.8) is 0 Å². The van der Waals surface area contributed by atoms with E-state index in [-0.39, 0.29) is 5.54 Å². The van der Waals surface area contributed by atoms with Gasteiger partial charge >= 0.3 is 0 Å². The normalized spacial score (nSPS) is 15.2. The third-order valence-electron chi connectivity index (χ3n) is 6.01. The first-order valence-corrected chi connectivity index (χ1v) is 11.0. The van der Waals surface area contributed by atoms with Gasteiger partial charge in [0.2, 0.25) is 0 Å². The lowest BCUT2D eigenvalue weighted by atomic mass is 9.96. The van der Waals surface area contributed by atoms with E-state index in [9.17, 15) is 0 Å². The van der Waals surface area contributed by atoms with Crippen molar-refractivity contribution in [3.8, 4) is 0 Å². The second kappa shape index (κ2) is 6.67. The lowest BCUT2D eigenvalue weighted by Gasteiger charge is -2.27. The van der Waals surface area contributed by atoms with Gasteiger partial charge in [-0.15, -0.1) is 0 Å². The lowest BCUT2D eigenvalue weighted by molar-refractivity contribution is 0.475. The van der Waals surface area contributed by atoms with Crippen LogP contribution in [0, 0.1) is 13.8 Å². The van der Waals surface area contributed by atoms with Crippen molar-refractivity contribution in [2.75, 3.05) is 0 Å². The molecular weight excluding hydrogens is 370 g/mol. The molecule has 0 amide bonds. The molecule has 0 bridgehead atoms. The van der Waals surface area contributed by atoms with Gasteiger partial charge in [0.25, 0.3) is 0 Å². The van der Waals surface area contributed by atoms with Crippen molar-refractivity contribution in [1.29, 1.82) is 0 Å². The number of allylic oxidation sites excluding steroid dienone is 1. The molecule has 1 aliphatic heterocycles. The number of hydrogen-bond donors (Lipinski definition) is 0. The van der Waals surface area contributed by atoms with E-state index in [0.29, 0.717) is 0 Å². The first-order chi connectivity index (χ1) is 14.0. The molecular formula is C27H25NS. The molecule has 0 N–H and O–H groups in total. The molecule has 3 aromatic carbocycles. The number of aromatic nitrogens is 1. The van der Waals surface area contributed by atoms with Gasteiger partial charge in [-0.05, 0) is 57.0 Å². The minimum atomic E-state index is -0.121. The first kappa shape index (κ1) is 18.3. The Balaban J connectivity index is 1.83. The van der Waals surface area contributed by atoms with Gasteiger partial charge in [0.1, 0.15) is 0 Å². The molecule has 0 fully saturated rings. The van der Waals surface area contributed by atoms with Gasteiger partial charge in [-0.3, -0.25) is 0 Å². The fraction of sp³-hybridized carbons (Fsp3) is 0.185. The zero-order valence-corrected chi connectivity index (χ0v) is 18.2. The summed E-state index contributed by atoms with van der Waals surface area (Å²) in [6.45, 7) is 9.14. The predicted octanol–water partition coefficient (Wildman–Crippen LogP) is 7.56. The topological polar surface area (TPSA) is 4.93 Å². The average molecular weight is 396 g/mol. The average Bonchev–Trinajstić information content (AvgIpc) is 3.15. The summed E-state index contributed by atoms with van der Waals surface area (Å²) in [5, 5.41) is 1.35. The van der Waals surface area contributed by atoms with Crippen molar-refractivity contribution < 1.29 is 0 Å². The highest BCUT2D eigenvalue weighted by atomic mass is 32.2. The maximum Gasteiger partial charge on any atom is 0.0715 e. The SMILES string of the molecule is Cc1ccc(C2=C(Sc3ccccc3)C(C)(C)n3c2c(C)c2ccccc23)cc1. The van der Waals surface area contributed by atoms with E-state index >= 15 is 0 Å². The van der Waals surface area contributed by atoms with Gasteiger partial charge < -0.3 is 4.57 Å². The van der Waals surface area contributed by atoms with Crippen LogP contribution < -0.4 is 0 Å². The molecule has 5 rings (SSSR count). The van der Waals surface area contributed by atoms with Crippen LogP contribution in [0.1, 0.15) is 36.2 Å². The van der Waals surface area contributed by atoms with Crippen LogP contribution in [0.25, 0.3) is 16.5 Å². The monoisotopic (exact) mass is 395 g/mol. The molecule has 1 aliphatic rings. The fourth-order valence-electron chi connectivity index (χ4n) is 4.57. The summed E-state index contributed by atoms with van der Waals surface area (Å²) in [6.07, 6.45) is 0. The zero-order chi connectivity index (χ0) is 20.2. The summed E-state index contributed by atoms with van der Waals surface area (Å²) in [4.78, 5) is 2.70. The number of para-hydroxylation sites is 1. The molecule has 2 heteroatoms. The standard InChI is InChI=1S/C27H25NS/c1-18-14-16-20(17-15-18)24-25-19(2)22-12-8-9-13-23(22)28(25)27(3,4)26(24)29-21-10-6-5-7-11-21/h5-17H,1-4H3. The Morgan fingerprint density at radius 3 is 2.14 bits per heavy atom. The maximum atomic E-state index is 2.55. The molecule has 0 saturated heterocycles. The summed E-state index contributed by atoms with van der Waals surface area (Å²) < 4.78 is 2.55. The molecule has 2 heterocycles. The van der Waals surface area contributed by atoms with Crippen molar-refractivity contribution >= 4 is 28.2 Å². The van der Waals surface area contributed by atoms with E-state index in [1.54, 1.807) is 0 Å². The van der Waals surface area contributed by atoms with Crippen LogP contribution in [-0.4, -0.2) is 4.57 Å². The fourth-order valence-corrected chi connectivity index (χ4v) is 5.75. The second-order valence-electron chi connectivity index (χ2n) is 8.37. The molecule has 0 spiro atoms. The van der Waals surface area contributed by atoms with Crippen molar-refractivity contribution in [1.82, 2.24) is 4.57 Å². The third kappa shape index (κ3) is 2.78. The second-order valence-corrected chi connectivity index (χ2v) is 9.45. The molecule has 144 valence electrons. The predicted molar refractivity (Wildman–Crippen MR) is 125 cm³/mol. The summed E-state index contributed by atoms with van der Waals surface area (Å²) in [7, 11) is 0. The number of aryl methyl sites for hydroxylation is 2. The van der Waals surface area contributed by atoms with Gasteiger partial charge in [-0.1, -0.05) is 78.0 Å². The Morgan fingerprint density at radius 2 is 1.41 bits per heavy atom. The molecule has 0 saturated carbocycles. The molecule has 0 unspecified atom stereocenters. The summed E-state index contributed by atoms with van der Waals surface area (Å²) >= 11 is 1.90. The van der Waals surface area contributed by atoms with E-state index < -0.39 is 0 Å². The van der Waals surface area contributed by atoms with E-state index in [0.717, 1.165) is 0 Å². The van der Waals surface area contributed by atoms with Crippen LogP contribution >= 0.6 is 11.8 Å². The van der Waals surface area contributed by atoms with Gasteiger partial charge in [0, 0.05) is 26.3 Å². The summed E-state index contributed by atoms with van der Waals surface area (Å²) in [5.41, 5.74) is 7.89. The number of nitrogens with zero attached hydrogens (tertiary/aromatic N) is 1. The van der Waals surface area contributed by atoms with Crippen LogP contribution in [0.4, 0.5) is 0 Å². The Kier molecular flexibility index (Phi) is 4.22. The first-order valence-electron chi connectivity index (χ1n) is 10.1. The Bertz CT molecular complexity index is 1240. The summed E-state index contributed by atoms with van der Waals surface area (Å²) in [5.74, 6) is 0. The Morgan fingerprint density at radius 1 is 0.759 bits per heavy atom. The minimum absolute atomic E-state index is 0.121. The van der Waals surface area contributed by atoms with E-state index in [2.05, 4.69) is 111 Å². The van der Waals surface area contributed by atoms with Gasteiger partial charge in [0.05, 0.1) is 11.2 Å². The van der Waals surface area contributed by atoms with Gasteiger partial charge in [-0.2, -0.15) is 0 Å². The van der Waals surface area contributed by atoms with Crippen molar-refractivity contribution in [2.45, 2.75) is 38.1 Å². The minimum Gasteiger partial charge on any atom is -0.330 e. The maximum absolute atomic E-state index is 2.55. The number of thioether (sulfide) groups is 1. The highest BCUT2D eigenvalue weighted by Crippen LogP contribution is 2.54. The van der Waals surface area contributed by atoms with Crippen LogP contribution in [0.3, 0.4) is 0 Å². The molecule has 4 aromatic rings. The highest BCUT2D eigenvalue weighted by Gasteiger charge is 2.41. The number of rotatable bonds is 3. The lowest BCUT2D eigenvalue weighted by Crippen LogP contribution is -2.24. The number of benzene rings is 3. The quantitative estimate of drug-likeness (QED) is 0.346. The van der Waals surface area contributed by atoms with Crippen LogP contribution in [-0.2, 0) is 5.54 Å². The van der Waals surface area contributed by atoms with Crippen LogP contribution in [0.2, 0.25) is 0 Å². The highest BCUT2D eigenvalue weighted by molar-refractivity contribution is 8.03. The van der Waals surface area contributed by atoms with Crippen molar-refractivity contribution in [3.05, 3.63) is 106 Å². The Hall–Kier alpha value is -2.71. The van der Waals surface area contributed by atoms with Crippen LogP contribution in [0.5, 0.6) is 0 Å². The summed E-state index contributed by atoms with van der Waals surface area (Å²) in [6, 6.07) is 28.6. The molecule has 1 aromatic heterocycles. The third-order valence-corrected chi connectivity index (χ3v) is 7.43. The van der Waals surface area contributed by atoms with E-state index in [1.807, 2.05) is 11.8 Å². The molecule has 0 aliphatic carbocycles. The number of fused-ring (bicyclic) bond motifs is 3. The zero-order valence-electron chi connectivity index (χ0n) is 17.4. The smallest absolute Gasteiger partial charge is 0.0715 e. The molecule has 0 radical (unpaired) electrons. The van der Waals surface area contributed by atoms with Crippen molar-refractivity contribution in [2.24, 2.45) is 0 Å². The molecule has 29 heavy (non-hydrogen) atoms. The number of hydrogen-bond acceptors (Lipinski definition) is 1. The Labute approximate surface area is 177 Å². The van der Waals surface area contributed by atoms with E-state index in [1.165, 1.54) is 48.7 Å². The van der Waals surface area contributed by atoms with Gasteiger partial charge in [0.15, 0.2) is 0 Å². The van der Waals surface area contributed by atoms with Crippen LogP contribution in [0.15, 0.2) is 88.7 Å². The van der Waals surface area contributed by atoms with E-state index in [4.69, 9.17) is 0 Å². The van der Waals surface area contributed by atoms with Gasteiger partial charge in [-0.25, -0.2) is 0 Å². The molecule has 0 atom stereocenters.